The molecule has 0 unspecified atom stereocenters. The SMILES string of the molecule is NC[C@@H](N)c1cc(O)ccc1N. The molecular formula is C8H13N3O. The second kappa shape index (κ2) is 3.42. The van der Waals surface area contributed by atoms with Crippen LogP contribution in [0.5, 0.6) is 5.75 Å². The number of nitrogen functional groups attached to an aromatic ring is 1. The highest BCUT2D eigenvalue weighted by molar-refractivity contribution is 5.51. The van der Waals surface area contributed by atoms with E-state index >= 15 is 0 Å². The minimum absolute atomic E-state index is 0.156. The molecular weight excluding hydrogens is 154 g/mol. The largest absolute Gasteiger partial charge is 0.508 e. The van der Waals surface area contributed by atoms with E-state index in [1.807, 2.05) is 0 Å². The standard InChI is InChI=1S/C8H13N3O/c9-4-8(11)6-3-5(12)1-2-7(6)10/h1-3,8,12H,4,9-11H2/t8-/m1/s1. The van der Waals surface area contributed by atoms with Gasteiger partial charge in [0.2, 0.25) is 0 Å². The number of hydrogen-bond acceptors (Lipinski definition) is 4. The van der Waals surface area contributed by atoms with Gasteiger partial charge in [0.1, 0.15) is 5.75 Å². The van der Waals surface area contributed by atoms with Crippen LogP contribution in [0.15, 0.2) is 18.2 Å². The molecule has 1 rings (SSSR count). The van der Waals surface area contributed by atoms with E-state index in [9.17, 15) is 0 Å². The zero-order valence-electron chi connectivity index (χ0n) is 6.70. The van der Waals surface area contributed by atoms with E-state index < -0.39 is 0 Å². The van der Waals surface area contributed by atoms with Gasteiger partial charge in [-0.25, -0.2) is 0 Å². The monoisotopic (exact) mass is 167 g/mol. The Morgan fingerprint density at radius 1 is 1.42 bits per heavy atom. The van der Waals surface area contributed by atoms with Gasteiger partial charge in [-0.05, 0) is 23.8 Å². The van der Waals surface area contributed by atoms with Gasteiger partial charge in [0.05, 0.1) is 0 Å². The third kappa shape index (κ3) is 1.66. The Balaban J connectivity index is 3.04. The molecule has 1 aromatic rings. The summed E-state index contributed by atoms with van der Waals surface area (Å²) in [4.78, 5) is 0. The van der Waals surface area contributed by atoms with Crippen molar-refractivity contribution in [2.24, 2.45) is 11.5 Å². The molecule has 0 aliphatic heterocycles. The van der Waals surface area contributed by atoms with Crippen LogP contribution in [0.2, 0.25) is 0 Å². The van der Waals surface area contributed by atoms with E-state index in [0.29, 0.717) is 17.8 Å². The van der Waals surface area contributed by atoms with E-state index in [-0.39, 0.29) is 11.8 Å². The van der Waals surface area contributed by atoms with Gasteiger partial charge in [0, 0.05) is 18.3 Å². The molecule has 12 heavy (non-hydrogen) atoms. The molecule has 0 radical (unpaired) electrons. The molecule has 0 aromatic heterocycles. The predicted octanol–water partition coefficient (Wildman–Crippen LogP) is -0.0671. The molecule has 0 saturated heterocycles. The normalized spacial score (nSPS) is 12.8. The molecule has 4 heteroatoms. The van der Waals surface area contributed by atoms with Crippen molar-refractivity contribution in [2.45, 2.75) is 6.04 Å². The van der Waals surface area contributed by atoms with Gasteiger partial charge in [0.15, 0.2) is 0 Å². The van der Waals surface area contributed by atoms with Crippen molar-refractivity contribution in [1.82, 2.24) is 0 Å². The fraction of sp³-hybridized carbons (Fsp3) is 0.250. The lowest BCUT2D eigenvalue weighted by molar-refractivity contribution is 0.474. The fourth-order valence-electron chi connectivity index (χ4n) is 1.01. The van der Waals surface area contributed by atoms with Crippen LogP contribution in [0, 0.1) is 0 Å². The smallest absolute Gasteiger partial charge is 0.116 e. The molecule has 0 fully saturated rings. The number of nitrogens with two attached hydrogens (primary N) is 3. The Morgan fingerprint density at radius 3 is 2.67 bits per heavy atom. The summed E-state index contributed by atoms with van der Waals surface area (Å²) in [6.07, 6.45) is 0. The number of anilines is 1. The van der Waals surface area contributed by atoms with Crippen molar-refractivity contribution >= 4 is 5.69 Å². The number of benzene rings is 1. The first-order chi connectivity index (χ1) is 5.65. The Bertz CT molecular complexity index is 275. The quantitative estimate of drug-likeness (QED) is 0.366. The maximum Gasteiger partial charge on any atom is 0.116 e. The Hall–Kier alpha value is -1.26. The van der Waals surface area contributed by atoms with Crippen molar-refractivity contribution in [3.05, 3.63) is 23.8 Å². The summed E-state index contributed by atoms with van der Waals surface area (Å²) in [5.74, 6) is 0.156. The summed E-state index contributed by atoms with van der Waals surface area (Å²) in [6.45, 7) is 0.313. The third-order valence-corrected chi connectivity index (χ3v) is 1.72. The summed E-state index contributed by atoms with van der Waals surface area (Å²) < 4.78 is 0. The average molecular weight is 167 g/mol. The van der Waals surface area contributed by atoms with Crippen LogP contribution < -0.4 is 17.2 Å². The average Bonchev–Trinajstić information content (AvgIpc) is 2.08. The fourth-order valence-corrected chi connectivity index (χ4v) is 1.01. The molecule has 0 amide bonds. The topological polar surface area (TPSA) is 98.3 Å². The van der Waals surface area contributed by atoms with Gasteiger partial charge < -0.3 is 22.3 Å². The summed E-state index contributed by atoms with van der Waals surface area (Å²) >= 11 is 0. The van der Waals surface area contributed by atoms with Gasteiger partial charge in [0.25, 0.3) is 0 Å². The Morgan fingerprint density at radius 2 is 2.08 bits per heavy atom. The highest BCUT2D eigenvalue weighted by atomic mass is 16.3. The van der Waals surface area contributed by atoms with Crippen LogP contribution in [-0.4, -0.2) is 11.7 Å². The summed E-state index contributed by atoms with van der Waals surface area (Å²) in [6, 6.07) is 4.35. The van der Waals surface area contributed by atoms with Crippen LogP contribution in [0.25, 0.3) is 0 Å². The molecule has 0 spiro atoms. The summed E-state index contributed by atoms with van der Waals surface area (Å²) in [5, 5.41) is 9.13. The minimum Gasteiger partial charge on any atom is -0.508 e. The van der Waals surface area contributed by atoms with Gasteiger partial charge in [-0.2, -0.15) is 0 Å². The number of aromatic hydroxyl groups is 1. The first-order valence-electron chi connectivity index (χ1n) is 3.69. The van der Waals surface area contributed by atoms with Crippen LogP contribution in [0.1, 0.15) is 11.6 Å². The lowest BCUT2D eigenvalue weighted by Gasteiger charge is -2.11. The lowest BCUT2D eigenvalue weighted by Crippen LogP contribution is -2.21. The molecule has 1 aromatic carbocycles. The van der Waals surface area contributed by atoms with Gasteiger partial charge in [-0.15, -0.1) is 0 Å². The summed E-state index contributed by atoms with van der Waals surface area (Å²) in [7, 11) is 0. The molecule has 7 N–H and O–H groups in total. The van der Waals surface area contributed by atoms with Crippen LogP contribution in [0.3, 0.4) is 0 Å². The van der Waals surface area contributed by atoms with E-state index in [0.717, 1.165) is 0 Å². The number of hydrogen-bond donors (Lipinski definition) is 4. The van der Waals surface area contributed by atoms with Crippen molar-refractivity contribution in [3.63, 3.8) is 0 Å². The first-order valence-corrected chi connectivity index (χ1v) is 3.69. The van der Waals surface area contributed by atoms with Crippen molar-refractivity contribution in [2.75, 3.05) is 12.3 Å². The van der Waals surface area contributed by atoms with Crippen molar-refractivity contribution < 1.29 is 5.11 Å². The van der Waals surface area contributed by atoms with E-state index in [1.54, 1.807) is 6.07 Å². The molecule has 0 aliphatic carbocycles. The molecule has 1 atom stereocenters. The maximum atomic E-state index is 9.13. The highest BCUT2D eigenvalue weighted by Crippen LogP contribution is 2.22. The second-order valence-electron chi connectivity index (χ2n) is 2.66. The maximum absolute atomic E-state index is 9.13. The molecule has 66 valence electrons. The first kappa shape index (κ1) is 8.83. The molecule has 0 aliphatic rings. The highest BCUT2D eigenvalue weighted by Gasteiger charge is 2.07. The van der Waals surface area contributed by atoms with E-state index in [2.05, 4.69) is 0 Å². The van der Waals surface area contributed by atoms with Crippen LogP contribution in [-0.2, 0) is 0 Å². The van der Waals surface area contributed by atoms with Gasteiger partial charge >= 0.3 is 0 Å². The summed E-state index contributed by atoms with van der Waals surface area (Å²) in [5.41, 5.74) is 17.9. The zero-order chi connectivity index (χ0) is 9.14. The van der Waals surface area contributed by atoms with E-state index in [4.69, 9.17) is 22.3 Å². The van der Waals surface area contributed by atoms with Gasteiger partial charge in [-0.3, -0.25) is 0 Å². The van der Waals surface area contributed by atoms with Crippen LogP contribution in [0.4, 0.5) is 5.69 Å². The lowest BCUT2D eigenvalue weighted by atomic mass is 10.1. The van der Waals surface area contributed by atoms with Crippen molar-refractivity contribution in [1.29, 1.82) is 0 Å². The predicted molar refractivity (Wildman–Crippen MR) is 48.5 cm³/mol. The minimum atomic E-state index is -0.308. The zero-order valence-corrected chi connectivity index (χ0v) is 6.70. The van der Waals surface area contributed by atoms with Gasteiger partial charge in [-0.1, -0.05) is 0 Å². The second-order valence-corrected chi connectivity index (χ2v) is 2.66. The number of rotatable bonds is 2. The van der Waals surface area contributed by atoms with E-state index in [1.165, 1.54) is 12.1 Å². The van der Waals surface area contributed by atoms with Crippen LogP contribution >= 0.6 is 0 Å². The molecule has 0 bridgehead atoms. The van der Waals surface area contributed by atoms with Crippen molar-refractivity contribution in [3.8, 4) is 5.75 Å². The number of phenolic OH excluding ortho intramolecular Hbond substituents is 1. The third-order valence-electron chi connectivity index (χ3n) is 1.72. The Labute approximate surface area is 71.0 Å². The molecule has 0 heterocycles. The molecule has 4 nitrogen and oxygen atoms in total. The molecule has 0 saturated carbocycles. The Kier molecular flexibility index (Phi) is 2.52. The number of phenols is 1.